The number of amides is 1. The smallest absolute Gasteiger partial charge is 0.265 e. The first-order chi connectivity index (χ1) is 15.5. The maximum atomic E-state index is 12.5. The zero-order valence-corrected chi connectivity index (χ0v) is 20.9. The van der Waals surface area contributed by atoms with Gasteiger partial charge in [-0.15, -0.1) is 0 Å². The van der Waals surface area contributed by atoms with E-state index in [0.717, 1.165) is 11.1 Å². The Hall–Kier alpha value is -2.38. The van der Waals surface area contributed by atoms with Crippen LogP contribution in [0.5, 0.6) is 0 Å². The van der Waals surface area contributed by atoms with Crippen molar-refractivity contribution in [3.05, 3.63) is 99.0 Å². The number of rotatable bonds is 7. The van der Waals surface area contributed by atoms with E-state index in [0.29, 0.717) is 18.2 Å². The van der Waals surface area contributed by atoms with Gasteiger partial charge in [0.25, 0.3) is 15.9 Å². The van der Waals surface area contributed by atoms with Gasteiger partial charge in [-0.1, -0.05) is 80.4 Å². The van der Waals surface area contributed by atoms with E-state index in [1.807, 2.05) is 4.72 Å². The Morgan fingerprint density at radius 3 is 1.94 bits per heavy atom. The minimum Gasteiger partial charge on any atom is -0.372 e. The molecule has 0 spiro atoms. The van der Waals surface area contributed by atoms with Crippen LogP contribution in [0.25, 0.3) is 0 Å². The molecule has 3 aromatic rings. The van der Waals surface area contributed by atoms with Crippen LogP contribution in [0.4, 0.5) is 0 Å². The SMILES string of the molecule is CC(C)(C)c1ccc(COCc2ccc(C(=O)NS(=O)(=O)c3ccc(Cl)cc3Cl)cc2)cc1. The largest absolute Gasteiger partial charge is 0.372 e. The second-order valence-electron chi connectivity index (χ2n) is 8.65. The number of hydrogen-bond acceptors (Lipinski definition) is 4. The van der Waals surface area contributed by atoms with Crippen LogP contribution in [-0.2, 0) is 33.4 Å². The Balaban J connectivity index is 1.56. The van der Waals surface area contributed by atoms with E-state index in [9.17, 15) is 13.2 Å². The molecule has 0 aromatic heterocycles. The summed E-state index contributed by atoms with van der Waals surface area (Å²) in [6, 6.07) is 18.8. The van der Waals surface area contributed by atoms with Gasteiger partial charge in [-0.25, -0.2) is 13.1 Å². The van der Waals surface area contributed by atoms with Crippen LogP contribution in [0.3, 0.4) is 0 Å². The second-order valence-corrected chi connectivity index (χ2v) is 11.1. The summed E-state index contributed by atoms with van der Waals surface area (Å²) in [5, 5.41) is 0.230. The summed E-state index contributed by atoms with van der Waals surface area (Å²) in [6.45, 7) is 7.34. The third kappa shape index (κ3) is 6.81. The monoisotopic (exact) mass is 505 g/mol. The van der Waals surface area contributed by atoms with Crippen molar-refractivity contribution in [3.63, 3.8) is 0 Å². The van der Waals surface area contributed by atoms with Crippen LogP contribution in [0.2, 0.25) is 10.0 Å². The number of nitrogens with one attached hydrogen (secondary N) is 1. The maximum absolute atomic E-state index is 12.5. The fraction of sp³-hybridized carbons (Fsp3) is 0.240. The number of carbonyl (C=O) groups excluding carboxylic acids is 1. The Bertz CT molecular complexity index is 1230. The van der Waals surface area contributed by atoms with E-state index in [2.05, 4.69) is 45.0 Å². The molecule has 5 nitrogen and oxygen atoms in total. The highest BCUT2D eigenvalue weighted by Crippen LogP contribution is 2.25. The number of ether oxygens (including phenoxy) is 1. The van der Waals surface area contributed by atoms with Gasteiger partial charge in [-0.05, 0) is 52.4 Å². The quantitative estimate of drug-likeness (QED) is 0.419. The molecule has 0 aliphatic rings. The van der Waals surface area contributed by atoms with Gasteiger partial charge >= 0.3 is 0 Å². The van der Waals surface area contributed by atoms with Gasteiger partial charge in [-0.3, -0.25) is 4.79 Å². The molecule has 1 amide bonds. The van der Waals surface area contributed by atoms with E-state index < -0.39 is 15.9 Å². The third-order valence-electron chi connectivity index (χ3n) is 4.98. The highest BCUT2D eigenvalue weighted by molar-refractivity contribution is 7.90. The molecule has 0 heterocycles. The predicted molar refractivity (Wildman–Crippen MR) is 131 cm³/mol. The topological polar surface area (TPSA) is 72.5 Å². The van der Waals surface area contributed by atoms with Gasteiger partial charge in [0.15, 0.2) is 0 Å². The van der Waals surface area contributed by atoms with Crippen molar-refractivity contribution in [1.82, 2.24) is 4.72 Å². The third-order valence-corrected chi connectivity index (χ3v) is 7.03. The minimum atomic E-state index is -4.14. The molecule has 0 aliphatic carbocycles. The molecule has 174 valence electrons. The fourth-order valence-electron chi connectivity index (χ4n) is 3.07. The predicted octanol–water partition coefficient (Wildman–Crippen LogP) is 6.13. The summed E-state index contributed by atoms with van der Waals surface area (Å²) >= 11 is 11.8. The number of halogens is 2. The molecule has 0 bridgehead atoms. The fourth-order valence-corrected chi connectivity index (χ4v) is 4.82. The van der Waals surface area contributed by atoms with E-state index in [-0.39, 0.29) is 20.9 Å². The zero-order chi connectivity index (χ0) is 24.2. The Kier molecular flexibility index (Phi) is 7.85. The molecule has 1 N–H and O–H groups in total. The molecule has 3 aromatic carbocycles. The number of hydrogen-bond donors (Lipinski definition) is 1. The standard InChI is InChI=1S/C25H25Cl2NO4S/c1-25(2,3)20-10-6-18(7-11-20)16-32-15-17-4-8-19(9-5-17)24(29)28-33(30,31)23-13-12-21(26)14-22(23)27/h4-14H,15-16H2,1-3H3,(H,28,29). The summed E-state index contributed by atoms with van der Waals surface area (Å²) in [4.78, 5) is 12.2. The van der Waals surface area contributed by atoms with Crippen molar-refractivity contribution in [3.8, 4) is 0 Å². The lowest BCUT2D eigenvalue weighted by Crippen LogP contribution is -2.30. The van der Waals surface area contributed by atoms with Gasteiger partial charge in [0, 0.05) is 10.6 Å². The summed E-state index contributed by atoms with van der Waals surface area (Å²) < 4.78 is 32.8. The van der Waals surface area contributed by atoms with Crippen molar-refractivity contribution >= 4 is 39.1 Å². The van der Waals surface area contributed by atoms with E-state index in [4.69, 9.17) is 27.9 Å². The molecular formula is C25H25Cl2NO4S. The summed E-state index contributed by atoms with van der Waals surface area (Å²) in [5.74, 6) is -0.757. The van der Waals surface area contributed by atoms with Crippen molar-refractivity contribution in [1.29, 1.82) is 0 Å². The first kappa shape index (κ1) is 25.2. The molecule has 0 fully saturated rings. The first-order valence-electron chi connectivity index (χ1n) is 10.2. The highest BCUT2D eigenvalue weighted by Gasteiger charge is 2.21. The van der Waals surface area contributed by atoms with Crippen LogP contribution in [0.15, 0.2) is 71.6 Å². The first-order valence-corrected chi connectivity index (χ1v) is 12.5. The van der Waals surface area contributed by atoms with Crippen LogP contribution in [-0.4, -0.2) is 14.3 Å². The number of sulfonamides is 1. The van der Waals surface area contributed by atoms with Crippen LogP contribution in [0, 0.1) is 0 Å². The molecular weight excluding hydrogens is 481 g/mol. The molecule has 0 unspecified atom stereocenters. The second kappa shape index (κ2) is 10.3. The molecule has 0 aliphatic heterocycles. The van der Waals surface area contributed by atoms with Crippen molar-refractivity contribution in [2.24, 2.45) is 0 Å². The Morgan fingerprint density at radius 1 is 0.879 bits per heavy atom. The Labute approximate surface area is 204 Å². The average molecular weight is 506 g/mol. The highest BCUT2D eigenvalue weighted by atomic mass is 35.5. The summed E-state index contributed by atoms with van der Waals surface area (Å²) in [6.07, 6.45) is 0. The normalized spacial score (nSPS) is 11.9. The van der Waals surface area contributed by atoms with E-state index in [1.54, 1.807) is 24.3 Å². The number of benzene rings is 3. The zero-order valence-electron chi connectivity index (χ0n) is 18.6. The van der Waals surface area contributed by atoms with Gasteiger partial charge < -0.3 is 4.74 Å². The minimum absolute atomic E-state index is 0.0663. The van der Waals surface area contributed by atoms with E-state index >= 15 is 0 Å². The average Bonchev–Trinajstić information content (AvgIpc) is 2.73. The van der Waals surface area contributed by atoms with Crippen molar-refractivity contribution < 1.29 is 17.9 Å². The lowest BCUT2D eigenvalue weighted by Gasteiger charge is -2.19. The Morgan fingerprint density at radius 2 is 1.42 bits per heavy atom. The number of carbonyl (C=O) groups is 1. The van der Waals surface area contributed by atoms with Crippen LogP contribution < -0.4 is 4.72 Å². The van der Waals surface area contributed by atoms with Gasteiger partial charge in [0.2, 0.25) is 0 Å². The molecule has 0 radical (unpaired) electrons. The lowest BCUT2D eigenvalue weighted by molar-refractivity contribution is 0.0980. The van der Waals surface area contributed by atoms with Crippen molar-refractivity contribution in [2.75, 3.05) is 0 Å². The van der Waals surface area contributed by atoms with Gasteiger partial charge in [0.05, 0.1) is 18.2 Å². The molecule has 8 heteroatoms. The van der Waals surface area contributed by atoms with Gasteiger partial charge in [-0.2, -0.15) is 0 Å². The van der Waals surface area contributed by atoms with Crippen molar-refractivity contribution in [2.45, 2.75) is 44.3 Å². The molecule has 0 saturated carbocycles. The molecule has 33 heavy (non-hydrogen) atoms. The van der Waals surface area contributed by atoms with E-state index in [1.165, 1.54) is 23.8 Å². The molecule has 0 atom stereocenters. The summed E-state index contributed by atoms with van der Waals surface area (Å²) in [5.41, 5.74) is 3.51. The molecule has 0 saturated heterocycles. The van der Waals surface area contributed by atoms with Crippen LogP contribution in [0.1, 0.15) is 47.8 Å². The van der Waals surface area contributed by atoms with Gasteiger partial charge in [0.1, 0.15) is 4.90 Å². The lowest BCUT2D eigenvalue weighted by atomic mass is 9.87. The maximum Gasteiger partial charge on any atom is 0.265 e. The van der Waals surface area contributed by atoms with Crippen LogP contribution >= 0.6 is 23.2 Å². The summed E-state index contributed by atoms with van der Waals surface area (Å²) in [7, 11) is -4.14. The molecule has 3 rings (SSSR count).